The first-order chi connectivity index (χ1) is 11.5. The Morgan fingerprint density at radius 2 is 2.00 bits per heavy atom. The van der Waals surface area contributed by atoms with Crippen LogP contribution in [0.15, 0.2) is 46.1 Å². The van der Waals surface area contributed by atoms with Crippen molar-refractivity contribution in [3.63, 3.8) is 0 Å². The number of nitrogens with zero attached hydrogens (tertiary/aromatic N) is 2. The van der Waals surface area contributed by atoms with Gasteiger partial charge < -0.3 is 14.7 Å². The Kier molecular flexibility index (Phi) is 3.99. The minimum Gasteiger partial charge on any atom is -0.477 e. The van der Waals surface area contributed by atoms with Crippen LogP contribution in [0.5, 0.6) is 0 Å². The Labute approximate surface area is 136 Å². The molecule has 2 heterocycles. The van der Waals surface area contributed by atoms with E-state index in [1.54, 1.807) is 43.5 Å². The van der Waals surface area contributed by atoms with Crippen LogP contribution in [-0.2, 0) is 13.0 Å². The van der Waals surface area contributed by atoms with Gasteiger partial charge in [0.15, 0.2) is 0 Å². The molecule has 0 fully saturated rings. The number of aromatic carboxylic acids is 1. The molecule has 2 N–H and O–H groups in total. The number of carbonyl (C=O) groups is 1. The molecule has 0 aliphatic carbocycles. The number of aryl methyl sites for hydroxylation is 3. The van der Waals surface area contributed by atoms with E-state index in [4.69, 9.17) is 5.11 Å². The van der Waals surface area contributed by atoms with E-state index in [1.165, 1.54) is 4.57 Å². The van der Waals surface area contributed by atoms with Crippen LogP contribution in [0.1, 0.15) is 21.7 Å². The number of aromatic nitrogens is 3. The summed E-state index contributed by atoms with van der Waals surface area (Å²) in [6, 6.07) is 8.57. The summed E-state index contributed by atoms with van der Waals surface area (Å²) in [5, 5.41) is 9.64. The molecule has 0 aliphatic heterocycles. The fraction of sp³-hybridized carbons (Fsp3) is 0.176. The molecule has 0 atom stereocenters. The third kappa shape index (κ3) is 2.83. The summed E-state index contributed by atoms with van der Waals surface area (Å²) >= 11 is 0. The number of carboxylic acid groups (broad SMARTS) is 1. The summed E-state index contributed by atoms with van der Waals surface area (Å²) in [6.07, 6.45) is 1.85. The number of para-hydroxylation sites is 1. The number of rotatable bonds is 4. The van der Waals surface area contributed by atoms with E-state index in [0.717, 1.165) is 0 Å². The fourth-order valence-electron chi connectivity index (χ4n) is 2.58. The maximum atomic E-state index is 12.2. The summed E-state index contributed by atoms with van der Waals surface area (Å²) in [5.41, 5.74) is -0.0408. The number of nitrogens with one attached hydrogen (secondary N) is 1. The second kappa shape index (κ2) is 6.11. The number of hydrogen-bond acceptors (Lipinski definition) is 4. The minimum absolute atomic E-state index is 0.223. The summed E-state index contributed by atoms with van der Waals surface area (Å²) in [6.45, 7) is 1.80. The maximum absolute atomic E-state index is 12.2. The molecule has 0 saturated heterocycles. The second-order valence-electron chi connectivity index (χ2n) is 5.46. The average molecular weight is 325 g/mol. The highest BCUT2D eigenvalue weighted by Crippen LogP contribution is 2.07. The van der Waals surface area contributed by atoms with E-state index < -0.39 is 11.5 Å². The van der Waals surface area contributed by atoms with Crippen molar-refractivity contribution in [2.75, 3.05) is 0 Å². The largest absolute Gasteiger partial charge is 0.477 e. The van der Waals surface area contributed by atoms with Gasteiger partial charge in [-0.25, -0.2) is 9.78 Å². The second-order valence-corrected chi connectivity index (χ2v) is 5.46. The molecule has 0 radical (unpaired) electrons. The predicted molar refractivity (Wildman–Crippen MR) is 88.5 cm³/mol. The number of carboxylic acids is 1. The van der Waals surface area contributed by atoms with Crippen LogP contribution in [0.3, 0.4) is 0 Å². The first kappa shape index (κ1) is 15.7. The Balaban J connectivity index is 1.92. The van der Waals surface area contributed by atoms with Gasteiger partial charge in [-0.15, -0.1) is 0 Å². The summed E-state index contributed by atoms with van der Waals surface area (Å²) in [5.74, 6) is -0.799. The van der Waals surface area contributed by atoms with E-state index >= 15 is 0 Å². The van der Waals surface area contributed by atoms with Gasteiger partial charge >= 0.3 is 5.97 Å². The molecule has 3 rings (SSSR count). The number of hydrogen-bond donors (Lipinski definition) is 2. The van der Waals surface area contributed by atoms with Gasteiger partial charge in [-0.3, -0.25) is 9.59 Å². The molecule has 2 aromatic heterocycles. The fourth-order valence-corrected chi connectivity index (χ4v) is 2.58. The standard InChI is InChI=1S/C17H15N3O4/c1-10-6-8-20(16(22)14(10)17(23)24)9-7-13-18-12-5-3-2-4-11(12)15(21)19-13/h2-6,8H,7,9H2,1H3,(H,23,24)(H,18,19,21). The van der Waals surface area contributed by atoms with E-state index in [1.807, 2.05) is 0 Å². The van der Waals surface area contributed by atoms with Gasteiger partial charge in [0.25, 0.3) is 11.1 Å². The molecule has 122 valence electrons. The molecular formula is C17H15N3O4. The summed E-state index contributed by atoms with van der Waals surface area (Å²) < 4.78 is 1.31. The van der Waals surface area contributed by atoms with Crippen LogP contribution >= 0.6 is 0 Å². The third-order valence-corrected chi connectivity index (χ3v) is 3.84. The van der Waals surface area contributed by atoms with Crippen molar-refractivity contribution in [1.29, 1.82) is 0 Å². The molecule has 1 aromatic carbocycles. The molecule has 24 heavy (non-hydrogen) atoms. The van der Waals surface area contributed by atoms with Crippen LogP contribution in [0, 0.1) is 6.92 Å². The average Bonchev–Trinajstić information content (AvgIpc) is 2.54. The van der Waals surface area contributed by atoms with E-state index in [9.17, 15) is 14.4 Å². The molecule has 7 heteroatoms. The quantitative estimate of drug-likeness (QED) is 0.753. The zero-order chi connectivity index (χ0) is 17.3. The highest BCUT2D eigenvalue weighted by molar-refractivity contribution is 5.88. The summed E-state index contributed by atoms with van der Waals surface area (Å²) in [4.78, 5) is 42.5. The molecule has 0 aliphatic rings. The van der Waals surface area contributed by atoms with Crippen molar-refractivity contribution in [3.05, 3.63) is 74.2 Å². The molecule has 0 saturated carbocycles. The van der Waals surface area contributed by atoms with Gasteiger partial charge in [0.1, 0.15) is 11.4 Å². The first-order valence-corrected chi connectivity index (χ1v) is 7.38. The molecule has 7 nitrogen and oxygen atoms in total. The normalized spacial score (nSPS) is 10.9. The first-order valence-electron chi connectivity index (χ1n) is 7.38. The number of benzene rings is 1. The number of fused-ring (bicyclic) bond motifs is 1. The lowest BCUT2D eigenvalue weighted by molar-refractivity contribution is 0.0693. The van der Waals surface area contributed by atoms with E-state index in [2.05, 4.69) is 9.97 Å². The van der Waals surface area contributed by atoms with Gasteiger partial charge in [0, 0.05) is 19.2 Å². The topological polar surface area (TPSA) is 105 Å². The highest BCUT2D eigenvalue weighted by atomic mass is 16.4. The van der Waals surface area contributed by atoms with Crippen LogP contribution in [0.2, 0.25) is 0 Å². The van der Waals surface area contributed by atoms with Crippen molar-refractivity contribution < 1.29 is 9.90 Å². The summed E-state index contributed by atoms with van der Waals surface area (Å²) in [7, 11) is 0. The lowest BCUT2D eigenvalue weighted by Crippen LogP contribution is -2.28. The van der Waals surface area contributed by atoms with E-state index in [0.29, 0.717) is 28.7 Å². The molecule has 0 unspecified atom stereocenters. The molecule has 0 spiro atoms. The zero-order valence-corrected chi connectivity index (χ0v) is 12.9. The number of pyridine rings is 1. The smallest absolute Gasteiger partial charge is 0.341 e. The van der Waals surface area contributed by atoms with Gasteiger partial charge in [-0.1, -0.05) is 12.1 Å². The monoisotopic (exact) mass is 325 g/mol. The minimum atomic E-state index is -1.25. The Bertz CT molecular complexity index is 1050. The van der Waals surface area contributed by atoms with Gasteiger partial charge in [0.05, 0.1) is 10.9 Å². The number of H-pyrrole nitrogens is 1. The van der Waals surface area contributed by atoms with Gasteiger partial charge in [0.2, 0.25) is 0 Å². The van der Waals surface area contributed by atoms with E-state index in [-0.39, 0.29) is 17.7 Å². The van der Waals surface area contributed by atoms with Crippen LogP contribution < -0.4 is 11.1 Å². The Morgan fingerprint density at radius 1 is 1.25 bits per heavy atom. The van der Waals surface area contributed by atoms with Crippen LogP contribution in [0.4, 0.5) is 0 Å². The molecule has 3 aromatic rings. The predicted octanol–water partition coefficient (Wildman–Crippen LogP) is 1.33. The van der Waals surface area contributed by atoms with Crippen molar-refractivity contribution in [1.82, 2.24) is 14.5 Å². The van der Waals surface area contributed by atoms with Crippen molar-refractivity contribution in [2.24, 2.45) is 0 Å². The molecule has 0 amide bonds. The van der Waals surface area contributed by atoms with Gasteiger partial charge in [-0.2, -0.15) is 0 Å². The highest BCUT2D eigenvalue weighted by Gasteiger charge is 2.14. The lowest BCUT2D eigenvalue weighted by atomic mass is 10.1. The lowest BCUT2D eigenvalue weighted by Gasteiger charge is -2.08. The number of aromatic amines is 1. The molecule has 0 bridgehead atoms. The van der Waals surface area contributed by atoms with Crippen molar-refractivity contribution in [2.45, 2.75) is 19.9 Å². The van der Waals surface area contributed by atoms with Crippen molar-refractivity contribution >= 4 is 16.9 Å². The third-order valence-electron chi connectivity index (χ3n) is 3.84. The Morgan fingerprint density at radius 3 is 2.75 bits per heavy atom. The van der Waals surface area contributed by atoms with Crippen molar-refractivity contribution in [3.8, 4) is 0 Å². The maximum Gasteiger partial charge on any atom is 0.341 e. The van der Waals surface area contributed by atoms with Crippen LogP contribution in [0.25, 0.3) is 10.9 Å². The van der Waals surface area contributed by atoms with Crippen LogP contribution in [-0.4, -0.2) is 25.6 Å². The molecular weight excluding hydrogens is 310 g/mol. The SMILES string of the molecule is Cc1ccn(CCc2nc3ccccc3c(=O)[nH]2)c(=O)c1C(=O)O. The van der Waals surface area contributed by atoms with Gasteiger partial charge in [-0.05, 0) is 30.7 Å². The Hall–Kier alpha value is -3.22. The zero-order valence-electron chi connectivity index (χ0n) is 12.9.